The molecule has 1 aliphatic rings. The van der Waals surface area contributed by atoms with E-state index in [1.165, 1.54) is 22.4 Å². The van der Waals surface area contributed by atoms with E-state index in [0.29, 0.717) is 27.7 Å². The van der Waals surface area contributed by atoms with E-state index in [1.807, 2.05) is 23.4 Å². The molecule has 0 saturated carbocycles. The highest BCUT2D eigenvalue weighted by molar-refractivity contribution is 6.04. The summed E-state index contributed by atoms with van der Waals surface area (Å²) in [4.78, 5) is 21.8. The van der Waals surface area contributed by atoms with Gasteiger partial charge in [-0.1, -0.05) is 0 Å². The van der Waals surface area contributed by atoms with Crippen LogP contribution >= 0.6 is 0 Å². The molecule has 0 saturated heterocycles. The molecular formula is C24H25FN6O3. The van der Waals surface area contributed by atoms with Crippen LogP contribution in [0.1, 0.15) is 25.3 Å². The molecule has 2 atom stereocenters. The molecule has 0 spiro atoms. The van der Waals surface area contributed by atoms with Gasteiger partial charge in [0.25, 0.3) is 0 Å². The fourth-order valence-corrected chi connectivity index (χ4v) is 4.75. The Morgan fingerprint density at radius 1 is 1.12 bits per heavy atom. The van der Waals surface area contributed by atoms with Crippen LogP contribution in [-0.4, -0.2) is 57.1 Å². The molecule has 9 nitrogen and oxygen atoms in total. The van der Waals surface area contributed by atoms with Crippen LogP contribution in [-0.2, 0) is 7.05 Å². The first-order valence-corrected chi connectivity index (χ1v) is 11.0. The van der Waals surface area contributed by atoms with Gasteiger partial charge in [-0.15, -0.1) is 0 Å². The molecule has 0 amide bonds. The first kappa shape index (κ1) is 21.9. The van der Waals surface area contributed by atoms with Gasteiger partial charge in [0.15, 0.2) is 11.6 Å². The van der Waals surface area contributed by atoms with Gasteiger partial charge in [0.1, 0.15) is 11.4 Å². The summed E-state index contributed by atoms with van der Waals surface area (Å²) in [5.41, 5.74) is 2.22. The third-order valence-electron chi connectivity index (χ3n) is 6.57. The molecule has 4 heterocycles. The number of methoxy groups -OCH3 is 2. The van der Waals surface area contributed by atoms with Crippen molar-refractivity contribution in [1.29, 1.82) is 0 Å². The van der Waals surface area contributed by atoms with Gasteiger partial charge in [-0.05, 0) is 19.9 Å². The lowest BCUT2D eigenvalue weighted by molar-refractivity contribution is 0.245. The van der Waals surface area contributed by atoms with Crippen molar-refractivity contribution in [2.75, 3.05) is 20.8 Å². The number of benzene rings is 1. The molecule has 0 N–H and O–H groups in total. The molecule has 0 aliphatic carbocycles. The van der Waals surface area contributed by atoms with Gasteiger partial charge in [0.05, 0.1) is 55.4 Å². The van der Waals surface area contributed by atoms with Gasteiger partial charge < -0.3 is 9.47 Å². The summed E-state index contributed by atoms with van der Waals surface area (Å²) in [5, 5.41) is 7.24. The lowest BCUT2D eigenvalue weighted by Crippen LogP contribution is -2.28. The first-order valence-electron chi connectivity index (χ1n) is 11.0. The Morgan fingerprint density at radius 2 is 1.88 bits per heavy atom. The highest BCUT2D eigenvalue weighted by atomic mass is 19.1. The standard InChI is InChI=1S/C24H25FN6O3/c1-6-30-13(2)16(9-28-30)14-7-15-18(8-20(14)33-4)27-11-19-22(15)31(24(32)29(19)3)23-17(25)10-26-12-21(23)34-5/h7-13,16H,6H2,1-5H3. The Morgan fingerprint density at radius 3 is 2.56 bits per heavy atom. The smallest absolute Gasteiger partial charge is 0.333 e. The number of halogens is 1. The van der Waals surface area contributed by atoms with Crippen LogP contribution in [0.2, 0.25) is 0 Å². The third-order valence-corrected chi connectivity index (χ3v) is 6.57. The van der Waals surface area contributed by atoms with E-state index >= 15 is 4.39 Å². The maximum Gasteiger partial charge on any atom is 0.333 e. The van der Waals surface area contributed by atoms with Crippen molar-refractivity contribution in [2.24, 2.45) is 12.1 Å². The lowest BCUT2D eigenvalue weighted by Gasteiger charge is -2.24. The average Bonchev–Trinajstić information content (AvgIpc) is 3.34. The van der Waals surface area contributed by atoms with Crippen molar-refractivity contribution >= 4 is 28.2 Å². The number of hydrogen-bond acceptors (Lipinski definition) is 7. The predicted octanol–water partition coefficient (Wildman–Crippen LogP) is 3.22. The normalized spacial score (nSPS) is 17.8. The summed E-state index contributed by atoms with van der Waals surface area (Å²) in [6.07, 6.45) is 5.97. The topological polar surface area (TPSA) is 86.8 Å². The van der Waals surface area contributed by atoms with Crippen LogP contribution in [0.3, 0.4) is 0 Å². The van der Waals surface area contributed by atoms with Gasteiger partial charge in [-0.2, -0.15) is 5.10 Å². The summed E-state index contributed by atoms with van der Waals surface area (Å²) in [5.74, 6) is 0.148. The molecule has 3 aromatic heterocycles. The molecule has 1 aliphatic heterocycles. The third kappa shape index (κ3) is 3.05. The second-order valence-corrected chi connectivity index (χ2v) is 8.24. The fraction of sp³-hybridized carbons (Fsp3) is 0.333. The van der Waals surface area contributed by atoms with Crippen molar-refractivity contribution in [3.8, 4) is 17.2 Å². The average molecular weight is 465 g/mol. The Labute approximate surface area is 195 Å². The molecular weight excluding hydrogens is 439 g/mol. The number of likely N-dealkylation sites (N-methyl/N-ethyl adjacent to an activating group) is 1. The Kier molecular flexibility index (Phi) is 5.22. The summed E-state index contributed by atoms with van der Waals surface area (Å²) in [6.45, 7) is 4.95. The van der Waals surface area contributed by atoms with Crippen molar-refractivity contribution in [1.82, 2.24) is 24.1 Å². The van der Waals surface area contributed by atoms with Crippen molar-refractivity contribution < 1.29 is 13.9 Å². The number of ether oxygens (including phenoxy) is 2. The van der Waals surface area contributed by atoms with E-state index in [0.717, 1.165) is 18.3 Å². The monoisotopic (exact) mass is 464 g/mol. The molecule has 1 aromatic carbocycles. The molecule has 2 unspecified atom stereocenters. The number of aromatic nitrogens is 4. The van der Waals surface area contributed by atoms with E-state index < -0.39 is 11.5 Å². The van der Waals surface area contributed by atoms with Gasteiger partial charge >= 0.3 is 5.69 Å². The van der Waals surface area contributed by atoms with E-state index in [9.17, 15) is 4.79 Å². The fourth-order valence-electron chi connectivity index (χ4n) is 4.75. The zero-order valence-electron chi connectivity index (χ0n) is 19.6. The Balaban J connectivity index is 1.88. The number of pyridine rings is 2. The molecule has 5 rings (SSSR count). The van der Waals surface area contributed by atoms with E-state index in [-0.39, 0.29) is 23.4 Å². The summed E-state index contributed by atoms with van der Waals surface area (Å²) in [7, 11) is 4.67. The maximum atomic E-state index is 15.0. The molecule has 4 aromatic rings. The predicted molar refractivity (Wildman–Crippen MR) is 128 cm³/mol. The Bertz CT molecular complexity index is 1510. The second-order valence-electron chi connectivity index (χ2n) is 8.24. The van der Waals surface area contributed by atoms with Gasteiger partial charge in [0, 0.05) is 42.7 Å². The van der Waals surface area contributed by atoms with Crippen molar-refractivity contribution in [3.05, 3.63) is 52.6 Å². The zero-order chi connectivity index (χ0) is 24.1. The van der Waals surface area contributed by atoms with Crippen molar-refractivity contribution in [3.63, 3.8) is 0 Å². The molecule has 0 bridgehead atoms. The second kappa shape index (κ2) is 8.12. The van der Waals surface area contributed by atoms with Crippen LogP contribution < -0.4 is 15.2 Å². The number of hydrogen-bond donors (Lipinski definition) is 0. The minimum absolute atomic E-state index is 0.00548. The number of aryl methyl sites for hydroxylation is 1. The summed E-state index contributed by atoms with van der Waals surface area (Å²) in [6, 6.07) is 3.94. The zero-order valence-corrected chi connectivity index (χ0v) is 19.6. The van der Waals surface area contributed by atoms with E-state index in [1.54, 1.807) is 20.4 Å². The highest BCUT2D eigenvalue weighted by Gasteiger charge is 2.31. The van der Waals surface area contributed by atoms with Crippen LogP contribution in [0.5, 0.6) is 11.5 Å². The molecule has 34 heavy (non-hydrogen) atoms. The molecule has 176 valence electrons. The number of hydrazone groups is 1. The Hall–Kier alpha value is -3.95. The van der Waals surface area contributed by atoms with Crippen molar-refractivity contribution in [2.45, 2.75) is 25.8 Å². The van der Waals surface area contributed by atoms with Crippen LogP contribution in [0.25, 0.3) is 27.6 Å². The molecule has 10 heteroatoms. The van der Waals surface area contributed by atoms with Crippen LogP contribution in [0.4, 0.5) is 4.39 Å². The quantitative estimate of drug-likeness (QED) is 0.451. The maximum absolute atomic E-state index is 15.0. The summed E-state index contributed by atoms with van der Waals surface area (Å²) >= 11 is 0. The number of rotatable bonds is 5. The lowest BCUT2D eigenvalue weighted by atomic mass is 9.92. The van der Waals surface area contributed by atoms with Gasteiger partial charge in [0.2, 0.25) is 0 Å². The largest absolute Gasteiger partial charge is 0.496 e. The number of nitrogens with zero attached hydrogens (tertiary/aromatic N) is 6. The van der Waals surface area contributed by atoms with E-state index in [2.05, 4.69) is 28.9 Å². The minimum atomic E-state index is -0.664. The van der Waals surface area contributed by atoms with Crippen LogP contribution in [0, 0.1) is 5.82 Å². The van der Waals surface area contributed by atoms with Gasteiger partial charge in [-0.25, -0.2) is 9.18 Å². The minimum Gasteiger partial charge on any atom is -0.496 e. The first-order chi connectivity index (χ1) is 16.4. The summed E-state index contributed by atoms with van der Waals surface area (Å²) < 4.78 is 28.9. The van der Waals surface area contributed by atoms with E-state index in [4.69, 9.17) is 9.47 Å². The molecule has 0 fully saturated rings. The number of imidazole rings is 1. The van der Waals surface area contributed by atoms with Crippen LogP contribution in [0.15, 0.2) is 40.6 Å². The number of fused-ring (bicyclic) bond motifs is 3. The van der Waals surface area contributed by atoms with Gasteiger partial charge in [-0.3, -0.25) is 24.1 Å². The molecule has 0 radical (unpaired) electrons. The SMILES string of the molecule is CCN1N=CC(c2cc3c(cc2OC)ncc2c3n(-c3c(F)cncc3OC)c(=O)n2C)C1C. The highest BCUT2D eigenvalue weighted by Crippen LogP contribution is 2.38.